The van der Waals surface area contributed by atoms with Crippen molar-refractivity contribution in [3.63, 3.8) is 0 Å². The number of nitrogen functional groups attached to an aromatic ring is 1. The van der Waals surface area contributed by atoms with E-state index in [0.29, 0.717) is 39.7 Å². The Labute approximate surface area is 134 Å². The number of rotatable bonds is 3. The Bertz CT molecular complexity index is 666. The number of nitrogens with two attached hydrogens (primary N) is 1. The predicted octanol–water partition coefficient (Wildman–Crippen LogP) is 2.79. The molecule has 7 heteroatoms. The highest BCUT2D eigenvalue weighted by atomic mass is 35.5. The van der Waals surface area contributed by atoms with E-state index in [2.05, 4.69) is 22.1 Å². The first-order valence-corrected chi connectivity index (χ1v) is 7.62. The zero-order valence-electron chi connectivity index (χ0n) is 12.7. The van der Waals surface area contributed by atoms with Gasteiger partial charge in [-0.3, -0.25) is 0 Å². The molecule has 6 nitrogen and oxygen atoms in total. The van der Waals surface area contributed by atoms with E-state index in [0.717, 1.165) is 25.9 Å². The first-order chi connectivity index (χ1) is 10.6. The summed E-state index contributed by atoms with van der Waals surface area (Å²) < 4.78 is 10.8. The van der Waals surface area contributed by atoms with Crippen molar-refractivity contribution in [1.29, 1.82) is 0 Å². The van der Waals surface area contributed by atoms with Crippen LogP contribution in [0.5, 0.6) is 5.75 Å². The molecule has 0 spiro atoms. The minimum Gasteiger partial charge on any atom is -0.496 e. The molecule has 22 heavy (non-hydrogen) atoms. The highest BCUT2D eigenvalue weighted by Gasteiger charge is 2.25. The molecule has 0 aliphatic carbocycles. The highest BCUT2D eigenvalue weighted by molar-refractivity contribution is 6.33. The molecule has 118 valence electrons. The summed E-state index contributed by atoms with van der Waals surface area (Å²) in [6.07, 6.45) is 2.05. The fourth-order valence-corrected chi connectivity index (χ4v) is 2.84. The molecule has 1 aliphatic heterocycles. The van der Waals surface area contributed by atoms with Gasteiger partial charge in [0, 0.05) is 12.0 Å². The van der Waals surface area contributed by atoms with Crippen LogP contribution in [0.4, 0.5) is 5.69 Å². The zero-order valence-corrected chi connectivity index (χ0v) is 13.4. The number of hydrogen-bond acceptors (Lipinski definition) is 6. The summed E-state index contributed by atoms with van der Waals surface area (Å²) in [5.41, 5.74) is 6.94. The Morgan fingerprint density at radius 3 is 2.77 bits per heavy atom. The molecule has 3 rings (SSSR count). The van der Waals surface area contributed by atoms with Crippen LogP contribution in [0.1, 0.15) is 24.7 Å². The van der Waals surface area contributed by atoms with E-state index in [9.17, 15) is 0 Å². The number of ether oxygens (including phenoxy) is 1. The largest absolute Gasteiger partial charge is 0.496 e. The number of anilines is 1. The SMILES string of the molecule is COc1cc(N)c(Cl)cc1-c1noc(C2CCN(C)CC2)n1. The molecule has 0 saturated carbocycles. The van der Waals surface area contributed by atoms with Gasteiger partial charge in [0.25, 0.3) is 0 Å². The average molecular weight is 323 g/mol. The van der Waals surface area contributed by atoms with Crippen molar-refractivity contribution in [3.8, 4) is 17.1 Å². The molecule has 2 heterocycles. The van der Waals surface area contributed by atoms with Crippen LogP contribution in [0.25, 0.3) is 11.4 Å². The summed E-state index contributed by atoms with van der Waals surface area (Å²) in [5.74, 6) is 2.05. The van der Waals surface area contributed by atoms with Gasteiger partial charge in [0.1, 0.15) is 5.75 Å². The molecular weight excluding hydrogens is 304 g/mol. The van der Waals surface area contributed by atoms with Gasteiger partial charge in [-0.25, -0.2) is 0 Å². The van der Waals surface area contributed by atoms with E-state index < -0.39 is 0 Å². The van der Waals surface area contributed by atoms with Gasteiger partial charge in [-0.2, -0.15) is 4.98 Å². The second-order valence-electron chi connectivity index (χ2n) is 5.61. The number of likely N-dealkylation sites (tertiary alicyclic amines) is 1. The van der Waals surface area contributed by atoms with E-state index in [4.69, 9.17) is 26.6 Å². The maximum absolute atomic E-state index is 6.09. The van der Waals surface area contributed by atoms with Gasteiger partial charge >= 0.3 is 0 Å². The van der Waals surface area contributed by atoms with Crippen LogP contribution >= 0.6 is 11.6 Å². The first-order valence-electron chi connectivity index (χ1n) is 7.24. The van der Waals surface area contributed by atoms with Crippen molar-refractivity contribution >= 4 is 17.3 Å². The lowest BCUT2D eigenvalue weighted by Gasteiger charge is -2.26. The zero-order chi connectivity index (χ0) is 15.7. The fraction of sp³-hybridized carbons (Fsp3) is 0.467. The van der Waals surface area contributed by atoms with Gasteiger partial charge in [0.05, 0.1) is 23.4 Å². The molecule has 2 aromatic rings. The normalized spacial score (nSPS) is 16.9. The molecule has 1 aromatic heterocycles. The quantitative estimate of drug-likeness (QED) is 0.875. The van der Waals surface area contributed by atoms with Crippen LogP contribution in [-0.2, 0) is 0 Å². The Kier molecular flexibility index (Phi) is 4.22. The van der Waals surface area contributed by atoms with E-state index in [1.165, 1.54) is 0 Å². The topological polar surface area (TPSA) is 77.4 Å². The van der Waals surface area contributed by atoms with Crippen molar-refractivity contribution in [2.45, 2.75) is 18.8 Å². The summed E-state index contributed by atoms with van der Waals surface area (Å²) in [4.78, 5) is 6.83. The average Bonchev–Trinajstić information content (AvgIpc) is 3.00. The lowest BCUT2D eigenvalue weighted by molar-refractivity contribution is 0.227. The van der Waals surface area contributed by atoms with Crippen LogP contribution in [0, 0.1) is 0 Å². The third-order valence-corrected chi connectivity index (χ3v) is 4.40. The van der Waals surface area contributed by atoms with E-state index >= 15 is 0 Å². The third-order valence-electron chi connectivity index (χ3n) is 4.07. The number of aromatic nitrogens is 2. The van der Waals surface area contributed by atoms with Gasteiger partial charge < -0.3 is 19.9 Å². The molecule has 0 atom stereocenters. The summed E-state index contributed by atoms with van der Waals surface area (Å²) >= 11 is 6.09. The van der Waals surface area contributed by atoms with Crippen molar-refractivity contribution in [2.24, 2.45) is 0 Å². The molecule has 0 radical (unpaired) electrons. The predicted molar refractivity (Wildman–Crippen MR) is 85.2 cm³/mol. The Morgan fingerprint density at radius 2 is 2.09 bits per heavy atom. The van der Waals surface area contributed by atoms with Gasteiger partial charge in [-0.15, -0.1) is 0 Å². The first kappa shape index (κ1) is 15.1. The number of methoxy groups -OCH3 is 1. The lowest BCUT2D eigenvalue weighted by atomic mass is 9.97. The maximum Gasteiger partial charge on any atom is 0.230 e. The van der Waals surface area contributed by atoms with Crippen molar-refractivity contribution in [1.82, 2.24) is 15.0 Å². The van der Waals surface area contributed by atoms with Crippen molar-refractivity contribution in [3.05, 3.63) is 23.0 Å². The molecule has 0 bridgehead atoms. The molecule has 0 unspecified atom stereocenters. The smallest absolute Gasteiger partial charge is 0.230 e. The molecule has 1 aromatic carbocycles. The number of halogens is 1. The van der Waals surface area contributed by atoms with Crippen LogP contribution in [0.3, 0.4) is 0 Å². The molecule has 1 aliphatic rings. The van der Waals surface area contributed by atoms with Gasteiger partial charge in [0.15, 0.2) is 0 Å². The summed E-state index contributed by atoms with van der Waals surface area (Å²) in [6, 6.07) is 3.38. The molecule has 1 fully saturated rings. The monoisotopic (exact) mass is 322 g/mol. The van der Waals surface area contributed by atoms with Crippen LogP contribution in [-0.4, -0.2) is 42.3 Å². The highest BCUT2D eigenvalue weighted by Crippen LogP contribution is 2.36. The van der Waals surface area contributed by atoms with Gasteiger partial charge in [-0.1, -0.05) is 16.8 Å². The summed E-state index contributed by atoms with van der Waals surface area (Å²) in [5, 5.41) is 4.53. The van der Waals surface area contributed by atoms with E-state index in [-0.39, 0.29) is 0 Å². The molecule has 2 N–H and O–H groups in total. The molecular formula is C15H19ClN4O2. The van der Waals surface area contributed by atoms with E-state index in [1.807, 2.05) is 0 Å². The molecule has 0 amide bonds. The Balaban J connectivity index is 1.89. The minimum atomic E-state index is 0.313. The Morgan fingerprint density at radius 1 is 1.36 bits per heavy atom. The van der Waals surface area contributed by atoms with Crippen molar-refractivity contribution < 1.29 is 9.26 Å². The number of benzene rings is 1. The molecule has 1 saturated heterocycles. The minimum absolute atomic E-state index is 0.313. The number of hydrogen-bond donors (Lipinski definition) is 1. The third kappa shape index (κ3) is 2.89. The van der Waals surface area contributed by atoms with Crippen LogP contribution in [0.15, 0.2) is 16.7 Å². The number of nitrogens with zero attached hydrogens (tertiary/aromatic N) is 3. The summed E-state index contributed by atoms with van der Waals surface area (Å²) in [7, 11) is 3.70. The fourth-order valence-electron chi connectivity index (χ4n) is 2.68. The van der Waals surface area contributed by atoms with Crippen molar-refractivity contribution in [2.75, 3.05) is 33.0 Å². The van der Waals surface area contributed by atoms with Crippen LogP contribution < -0.4 is 10.5 Å². The standard InChI is InChI=1S/C15H19ClN4O2/c1-20-5-3-9(4-6-20)15-18-14(19-22-15)10-7-11(16)12(17)8-13(10)21-2/h7-9H,3-6,17H2,1-2H3. The van der Waals surface area contributed by atoms with Gasteiger partial charge in [0.2, 0.25) is 11.7 Å². The van der Waals surface area contributed by atoms with E-state index in [1.54, 1.807) is 19.2 Å². The van der Waals surface area contributed by atoms with Crippen LogP contribution in [0.2, 0.25) is 5.02 Å². The second-order valence-corrected chi connectivity index (χ2v) is 6.01. The Hall–Kier alpha value is -1.79. The number of piperidine rings is 1. The lowest BCUT2D eigenvalue weighted by Crippen LogP contribution is -2.29. The maximum atomic E-state index is 6.09. The second kappa shape index (κ2) is 6.14. The van der Waals surface area contributed by atoms with Gasteiger partial charge in [-0.05, 0) is 39.0 Å². The summed E-state index contributed by atoms with van der Waals surface area (Å²) in [6.45, 7) is 2.08.